The third-order valence-electron chi connectivity index (χ3n) is 3.56. The summed E-state index contributed by atoms with van der Waals surface area (Å²) in [6.45, 7) is 3.71. The summed E-state index contributed by atoms with van der Waals surface area (Å²) in [4.78, 5) is 23.2. The molecule has 0 radical (unpaired) electrons. The molecule has 0 aliphatic heterocycles. The molecule has 0 aromatic heterocycles. The first kappa shape index (κ1) is 19.7. The lowest BCUT2D eigenvalue weighted by molar-refractivity contribution is -0.121. The van der Waals surface area contributed by atoms with Crippen molar-refractivity contribution in [3.63, 3.8) is 0 Å². The lowest BCUT2D eigenvalue weighted by Crippen LogP contribution is -2.37. The predicted octanol–water partition coefficient (Wildman–Crippen LogP) is 3.55. The summed E-state index contributed by atoms with van der Waals surface area (Å²) in [5.41, 5.74) is 2.36. The Morgan fingerprint density at radius 3 is 2.54 bits per heavy atom. The van der Waals surface area contributed by atoms with Crippen LogP contribution in [0, 0.1) is 13.8 Å². The van der Waals surface area contributed by atoms with Crippen LogP contribution in [0.3, 0.4) is 0 Å². The maximum Gasteiger partial charge on any atom is 0.337 e. The third-order valence-corrected chi connectivity index (χ3v) is 4.00. The molecule has 0 saturated carbocycles. The molecule has 26 heavy (non-hydrogen) atoms. The molecule has 2 rings (SSSR count). The van der Waals surface area contributed by atoms with E-state index in [-0.39, 0.29) is 28.0 Å². The van der Waals surface area contributed by atoms with Crippen LogP contribution in [0.25, 0.3) is 0 Å². The fourth-order valence-electron chi connectivity index (χ4n) is 2.07. The average molecular weight is 393 g/mol. The number of aryl methyl sites for hydroxylation is 2. The minimum absolute atomic E-state index is 0.0384. The predicted molar refractivity (Wildman–Crippen MR) is 104 cm³/mol. The van der Waals surface area contributed by atoms with Crippen LogP contribution in [0.5, 0.6) is 5.75 Å². The number of carboxylic acid groups (broad SMARTS) is 1. The maximum atomic E-state index is 11.9. The van der Waals surface area contributed by atoms with Crippen LogP contribution in [0.4, 0.5) is 5.69 Å². The van der Waals surface area contributed by atoms with Crippen molar-refractivity contribution in [2.24, 2.45) is 0 Å². The largest absolute Gasteiger partial charge is 0.484 e. The summed E-state index contributed by atoms with van der Waals surface area (Å²) < 4.78 is 5.42. The van der Waals surface area contributed by atoms with Crippen molar-refractivity contribution in [2.75, 3.05) is 11.9 Å². The number of ether oxygens (including phenoxy) is 1. The monoisotopic (exact) mass is 392 g/mol. The molecular weight excluding hydrogens is 376 g/mol. The number of amides is 1. The lowest BCUT2D eigenvalue weighted by atomic mass is 10.1. The van der Waals surface area contributed by atoms with Crippen molar-refractivity contribution < 1.29 is 19.4 Å². The highest BCUT2D eigenvalue weighted by molar-refractivity contribution is 7.80. The maximum absolute atomic E-state index is 11.9. The summed E-state index contributed by atoms with van der Waals surface area (Å²) in [5.74, 6) is -1.05. The molecule has 8 heteroatoms. The van der Waals surface area contributed by atoms with Gasteiger partial charge in [0.1, 0.15) is 5.75 Å². The van der Waals surface area contributed by atoms with Crippen molar-refractivity contribution in [1.29, 1.82) is 0 Å². The van der Waals surface area contributed by atoms with Crippen molar-refractivity contribution in [3.05, 3.63) is 58.1 Å². The van der Waals surface area contributed by atoms with Gasteiger partial charge in [0, 0.05) is 5.02 Å². The highest BCUT2D eigenvalue weighted by atomic mass is 35.5. The summed E-state index contributed by atoms with van der Waals surface area (Å²) in [6, 6.07) is 9.80. The number of thiocarbonyl (C=S) groups is 1. The number of aromatic carboxylic acids is 1. The van der Waals surface area contributed by atoms with Crippen LogP contribution in [0.15, 0.2) is 36.4 Å². The Balaban J connectivity index is 1.92. The van der Waals surface area contributed by atoms with Crippen LogP contribution in [-0.2, 0) is 4.79 Å². The molecule has 0 bridgehead atoms. The number of anilines is 1. The second kappa shape index (κ2) is 8.64. The molecule has 0 atom stereocenters. The van der Waals surface area contributed by atoms with E-state index >= 15 is 0 Å². The number of nitrogens with one attached hydrogen (secondary N) is 2. The zero-order valence-electron chi connectivity index (χ0n) is 14.1. The minimum Gasteiger partial charge on any atom is -0.484 e. The van der Waals surface area contributed by atoms with E-state index < -0.39 is 11.9 Å². The second-order valence-electron chi connectivity index (χ2n) is 5.53. The van der Waals surface area contributed by atoms with E-state index in [1.54, 1.807) is 6.07 Å². The fraction of sp³-hybridized carbons (Fsp3) is 0.167. The van der Waals surface area contributed by atoms with E-state index in [0.29, 0.717) is 5.75 Å². The molecule has 0 aliphatic rings. The molecule has 0 saturated heterocycles. The highest BCUT2D eigenvalue weighted by Gasteiger charge is 2.13. The molecule has 2 aromatic carbocycles. The van der Waals surface area contributed by atoms with Gasteiger partial charge in [-0.3, -0.25) is 10.1 Å². The molecule has 0 fully saturated rings. The highest BCUT2D eigenvalue weighted by Crippen LogP contribution is 2.20. The van der Waals surface area contributed by atoms with Gasteiger partial charge in [0.2, 0.25) is 0 Å². The van der Waals surface area contributed by atoms with E-state index in [2.05, 4.69) is 10.6 Å². The lowest BCUT2D eigenvalue weighted by Gasteiger charge is -2.12. The number of benzene rings is 2. The van der Waals surface area contributed by atoms with Gasteiger partial charge in [0.25, 0.3) is 5.91 Å². The SMILES string of the molecule is Cc1ccc(OCC(=O)NC(=S)Nc2ccc(Cl)cc2C(=O)O)cc1C. The number of hydrogen-bond acceptors (Lipinski definition) is 4. The van der Waals surface area contributed by atoms with Gasteiger partial charge in [-0.1, -0.05) is 17.7 Å². The van der Waals surface area contributed by atoms with E-state index in [0.717, 1.165) is 11.1 Å². The summed E-state index contributed by atoms with van der Waals surface area (Å²) in [6.07, 6.45) is 0. The first-order valence-corrected chi connectivity index (χ1v) is 8.38. The van der Waals surface area contributed by atoms with Gasteiger partial charge >= 0.3 is 5.97 Å². The molecule has 0 aliphatic carbocycles. The zero-order valence-corrected chi connectivity index (χ0v) is 15.7. The van der Waals surface area contributed by atoms with Gasteiger partial charge in [0.05, 0.1) is 11.3 Å². The van der Waals surface area contributed by atoms with Crippen LogP contribution >= 0.6 is 23.8 Å². The standard InChI is InChI=1S/C18H17ClN2O4S/c1-10-3-5-13(7-11(10)2)25-9-16(22)21-18(26)20-15-6-4-12(19)8-14(15)17(23)24/h3-8H,9H2,1-2H3,(H,23,24)(H2,20,21,22,26). The number of carboxylic acids is 1. The van der Waals surface area contributed by atoms with Gasteiger partial charge in [0.15, 0.2) is 11.7 Å². The number of hydrogen-bond donors (Lipinski definition) is 3. The smallest absolute Gasteiger partial charge is 0.337 e. The normalized spacial score (nSPS) is 10.1. The van der Waals surface area contributed by atoms with Crippen LogP contribution in [-0.4, -0.2) is 28.7 Å². The topological polar surface area (TPSA) is 87.7 Å². The Labute approximate surface area is 161 Å². The van der Waals surface area contributed by atoms with Crippen molar-refractivity contribution >= 4 is 46.5 Å². The summed E-state index contributed by atoms with van der Waals surface area (Å²) in [7, 11) is 0. The molecule has 6 nitrogen and oxygen atoms in total. The quantitative estimate of drug-likeness (QED) is 0.674. The fourth-order valence-corrected chi connectivity index (χ4v) is 2.47. The Kier molecular flexibility index (Phi) is 6.54. The van der Waals surface area contributed by atoms with Crippen LogP contribution in [0.2, 0.25) is 5.02 Å². The number of carbonyl (C=O) groups is 2. The zero-order chi connectivity index (χ0) is 19.3. The van der Waals surface area contributed by atoms with Crippen molar-refractivity contribution in [1.82, 2.24) is 5.32 Å². The molecule has 3 N–H and O–H groups in total. The Hall–Kier alpha value is -2.64. The number of carbonyl (C=O) groups excluding carboxylic acids is 1. The minimum atomic E-state index is -1.16. The third kappa shape index (κ3) is 5.44. The van der Waals surface area contributed by atoms with Gasteiger partial charge in [-0.05, 0) is 67.5 Å². The molecule has 136 valence electrons. The van der Waals surface area contributed by atoms with Gasteiger partial charge in [-0.15, -0.1) is 0 Å². The summed E-state index contributed by atoms with van der Waals surface area (Å²) >= 11 is 10.8. The average Bonchev–Trinajstić information content (AvgIpc) is 2.57. The molecule has 0 spiro atoms. The first-order chi connectivity index (χ1) is 12.3. The molecule has 0 unspecified atom stereocenters. The van der Waals surface area contributed by atoms with Crippen LogP contribution in [0.1, 0.15) is 21.5 Å². The first-order valence-electron chi connectivity index (χ1n) is 7.60. The van der Waals surface area contributed by atoms with Crippen LogP contribution < -0.4 is 15.4 Å². The molecule has 2 aromatic rings. The van der Waals surface area contributed by atoms with E-state index in [1.807, 2.05) is 26.0 Å². The Morgan fingerprint density at radius 1 is 1.15 bits per heavy atom. The summed E-state index contributed by atoms with van der Waals surface area (Å²) in [5, 5.41) is 14.5. The van der Waals surface area contributed by atoms with Gasteiger partial charge < -0.3 is 15.2 Å². The van der Waals surface area contributed by atoms with E-state index in [9.17, 15) is 14.7 Å². The van der Waals surface area contributed by atoms with Crippen molar-refractivity contribution in [3.8, 4) is 5.75 Å². The van der Waals surface area contributed by atoms with Gasteiger partial charge in [-0.25, -0.2) is 4.79 Å². The number of halogens is 1. The van der Waals surface area contributed by atoms with E-state index in [4.69, 9.17) is 28.6 Å². The molecule has 1 amide bonds. The Morgan fingerprint density at radius 2 is 1.88 bits per heavy atom. The Bertz CT molecular complexity index is 870. The van der Waals surface area contributed by atoms with E-state index in [1.165, 1.54) is 18.2 Å². The molecular formula is C18H17ClN2O4S. The number of rotatable bonds is 5. The second-order valence-corrected chi connectivity index (χ2v) is 6.38. The van der Waals surface area contributed by atoms with Gasteiger partial charge in [-0.2, -0.15) is 0 Å². The molecule has 0 heterocycles. The van der Waals surface area contributed by atoms with Crippen molar-refractivity contribution in [2.45, 2.75) is 13.8 Å².